The van der Waals surface area contributed by atoms with Crippen LogP contribution >= 0.6 is 0 Å². The highest BCUT2D eigenvalue weighted by Crippen LogP contribution is 2.32. The molecule has 3 nitrogen and oxygen atoms in total. The van der Waals surface area contributed by atoms with E-state index in [1.54, 1.807) is 0 Å². The molecule has 2 aliphatic carbocycles. The van der Waals surface area contributed by atoms with E-state index in [9.17, 15) is 5.11 Å². The van der Waals surface area contributed by atoms with E-state index >= 15 is 0 Å². The smallest absolute Gasteiger partial charge is 0.0692 e. The fourth-order valence-electron chi connectivity index (χ4n) is 1.76. The van der Waals surface area contributed by atoms with Crippen molar-refractivity contribution in [2.24, 2.45) is 11.7 Å². The Labute approximate surface area is 73.3 Å². The van der Waals surface area contributed by atoms with Gasteiger partial charge >= 0.3 is 0 Å². The molecular weight excluding hydrogens is 152 g/mol. The Balaban J connectivity index is 1.56. The lowest BCUT2D eigenvalue weighted by Gasteiger charge is -2.33. The molecule has 12 heavy (non-hydrogen) atoms. The van der Waals surface area contributed by atoms with Gasteiger partial charge < -0.3 is 16.2 Å². The van der Waals surface area contributed by atoms with Crippen molar-refractivity contribution >= 4 is 0 Å². The van der Waals surface area contributed by atoms with Gasteiger partial charge in [-0.1, -0.05) is 0 Å². The Bertz CT molecular complexity index is 153. The van der Waals surface area contributed by atoms with Crippen LogP contribution in [0, 0.1) is 5.92 Å². The van der Waals surface area contributed by atoms with E-state index in [-0.39, 0.29) is 6.10 Å². The Kier molecular flexibility index (Phi) is 2.35. The zero-order chi connectivity index (χ0) is 8.55. The van der Waals surface area contributed by atoms with Crippen LogP contribution in [0.15, 0.2) is 0 Å². The molecule has 0 saturated heterocycles. The minimum absolute atomic E-state index is 0.109. The normalized spacial score (nSPS) is 37.5. The summed E-state index contributed by atoms with van der Waals surface area (Å²) in [7, 11) is 0. The first-order chi connectivity index (χ1) is 5.75. The second-order valence-corrected chi connectivity index (χ2v) is 4.24. The molecule has 0 bridgehead atoms. The van der Waals surface area contributed by atoms with Crippen LogP contribution in [-0.4, -0.2) is 29.8 Å². The molecule has 0 spiro atoms. The maximum absolute atomic E-state index is 9.53. The van der Waals surface area contributed by atoms with E-state index in [2.05, 4.69) is 5.32 Å². The first-order valence-electron chi connectivity index (χ1n) is 4.92. The molecule has 4 N–H and O–H groups in total. The third-order valence-electron chi connectivity index (χ3n) is 2.96. The SMILES string of the molecule is NC1CC(NCC(O)C2CC2)C1. The molecule has 2 aliphatic rings. The number of hydrogen-bond acceptors (Lipinski definition) is 3. The number of nitrogens with one attached hydrogen (secondary N) is 1. The Hall–Kier alpha value is -0.120. The van der Waals surface area contributed by atoms with Crippen molar-refractivity contribution in [3.8, 4) is 0 Å². The van der Waals surface area contributed by atoms with E-state index < -0.39 is 0 Å². The summed E-state index contributed by atoms with van der Waals surface area (Å²) in [4.78, 5) is 0. The van der Waals surface area contributed by atoms with Gasteiger partial charge in [-0.25, -0.2) is 0 Å². The fraction of sp³-hybridized carbons (Fsp3) is 1.00. The molecule has 2 saturated carbocycles. The highest BCUT2D eigenvalue weighted by molar-refractivity contribution is 4.89. The lowest BCUT2D eigenvalue weighted by Crippen LogP contribution is -2.50. The van der Waals surface area contributed by atoms with E-state index in [4.69, 9.17) is 5.73 Å². The maximum Gasteiger partial charge on any atom is 0.0692 e. The number of hydrogen-bond donors (Lipinski definition) is 3. The molecular formula is C9H18N2O. The van der Waals surface area contributed by atoms with Crippen LogP contribution in [0.3, 0.4) is 0 Å². The zero-order valence-electron chi connectivity index (χ0n) is 7.37. The van der Waals surface area contributed by atoms with Crippen LogP contribution in [0.1, 0.15) is 25.7 Å². The Morgan fingerprint density at radius 2 is 2.08 bits per heavy atom. The first kappa shape index (κ1) is 8.48. The van der Waals surface area contributed by atoms with Gasteiger partial charge in [0.25, 0.3) is 0 Å². The predicted octanol–water partition coefficient (Wildman–Crippen LogP) is -0.163. The molecule has 2 fully saturated rings. The molecule has 0 radical (unpaired) electrons. The molecule has 0 amide bonds. The average Bonchev–Trinajstić information content (AvgIpc) is 2.77. The van der Waals surface area contributed by atoms with Gasteiger partial charge in [-0.2, -0.15) is 0 Å². The topological polar surface area (TPSA) is 58.3 Å². The van der Waals surface area contributed by atoms with Crippen molar-refractivity contribution in [1.29, 1.82) is 0 Å². The van der Waals surface area contributed by atoms with Crippen LogP contribution in [0.2, 0.25) is 0 Å². The van der Waals surface area contributed by atoms with Gasteiger partial charge in [0.2, 0.25) is 0 Å². The van der Waals surface area contributed by atoms with Crippen molar-refractivity contribution in [2.45, 2.75) is 43.9 Å². The minimum atomic E-state index is -0.109. The number of rotatable bonds is 4. The van der Waals surface area contributed by atoms with Gasteiger partial charge in [0.05, 0.1) is 6.10 Å². The third kappa shape index (κ3) is 1.97. The van der Waals surface area contributed by atoms with Gasteiger partial charge in [-0.3, -0.25) is 0 Å². The minimum Gasteiger partial charge on any atom is -0.392 e. The lowest BCUT2D eigenvalue weighted by atomic mass is 9.87. The largest absolute Gasteiger partial charge is 0.392 e. The number of aliphatic hydroxyl groups excluding tert-OH is 1. The second kappa shape index (κ2) is 3.32. The molecule has 0 aromatic carbocycles. The maximum atomic E-state index is 9.53. The van der Waals surface area contributed by atoms with E-state index in [0.29, 0.717) is 18.0 Å². The third-order valence-corrected chi connectivity index (χ3v) is 2.96. The molecule has 3 heteroatoms. The van der Waals surface area contributed by atoms with E-state index in [1.165, 1.54) is 12.8 Å². The molecule has 1 atom stereocenters. The van der Waals surface area contributed by atoms with Crippen molar-refractivity contribution in [3.63, 3.8) is 0 Å². The van der Waals surface area contributed by atoms with Crippen LogP contribution in [-0.2, 0) is 0 Å². The average molecular weight is 170 g/mol. The quantitative estimate of drug-likeness (QED) is 0.549. The van der Waals surface area contributed by atoms with Crippen LogP contribution in [0.4, 0.5) is 0 Å². The van der Waals surface area contributed by atoms with Crippen molar-refractivity contribution < 1.29 is 5.11 Å². The molecule has 1 unspecified atom stereocenters. The molecule has 0 heterocycles. The zero-order valence-corrected chi connectivity index (χ0v) is 7.37. The Morgan fingerprint density at radius 3 is 2.58 bits per heavy atom. The summed E-state index contributed by atoms with van der Waals surface area (Å²) in [5.74, 6) is 0.589. The fourth-order valence-corrected chi connectivity index (χ4v) is 1.76. The van der Waals surface area contributed by atoms with Gasteiger partial charge in [-0.15, -0.1) is 0 Å². The van der Waals surface area contributed by atoms with E-state index in [1.807, 2.05) is 0 Å². The highest BCUT2D eigenvalue weighted by Gasteiger charge is 2.31. The van der Waals surface area contributed by atoms with Gasteiger partial charge in [-0.05, 0) is 31.6 Å². The van der Waals surface area contributed by atoms with Crippen LogP contribution in [0.5, 0.6) is 0 Å². The van der Waals surface area contributed by atoms with Gasteiger partial charge in [0.1, 0.15) is 0 Å². The highest BCUT2D eigenvalue weighted by atomic mass is 16.3. The number of aliphatic hydroxyl groups is 1. The van der Waals surface area contributed by atoms with Crippen LogP contribution in [0.25, 0.3) is 0 Å². The lowest BCUT2D eigenvalue weighted by molar-refractivity contribution is 0.135. The standard InChI is InChI=1S/C9H18N2O/c10-7-3-8(4-7)11-5-9(12)6-1-2-6/h6-9,11-12H,1-5,10H2. The predicted molar refractivity (Wildman–Crippen MR) is 47.7 cm³/mol. The summed E-state index contributed by atoms with van der Waals surface area (Å²) in [6, 6.07) is 0.981. The summed E-state index contributed by atoms with van der Waals surface area (Å²) < 4.78 is 0. The summed E-state index contributed by atoms with van der Waals surface area (Å²) in [6.07, 6.45) is 4.48. The molecule has 0 aliphatic heterocycles. The second-order valence-electron chi connectivity index (χ2n) is 4.24. The summed E-state index contributed by atoms with van der Waals surface area (Å²) in [5.41, 5.74) is 5.64. The molecule has 0 aromatic rings. The van der Waals surface area contributed by atoms with Gasteiger partial charge in [0, 0.05) is 18.6 Å². The van der Waals surface area contributed by atoms with E-state index in [0.717, 1.165) is 19.4 Å². The number of nitrogens with two attached hydrogens (primary N) is 1. The molecule has 70 valence electrons. The van der Waals surface area contributed by atoms with Crippen LogP contribution < -0.4 is 11.1 Å². The van der Waals surface area contributed by atoms with Gasteiger partial charge in [0.15, 0.2) is 0 Å². The summed E-state index contributed by atoms with van der Waals surface area (Å²) in [5, 5.41) is 12.9. The monoisotopic (exact) mass is 170 g/mol. The summed E-state index contributed by atoms with van der Waals surface area (Å²) >= 11 is 0. The first-order valence-corrected chi connectivity index (χ1v) is 4.92. The van der Waals surface area contributed by atoms with Crippen molar-refractivity contribution in [3.05, 3.63) is 0 Å². The Morgan fingerprint density at radius 1 is 1.42 bits per heavy atom. The molecule has 0 aromatic heterocycles. The van der Waals surface area contributed by atoms with Crippen molar-refractivity contribution in [2.75, 3.05) is 6.54 Å². The molecule has 2 rings (SSSR count). The van der Waals surface area contributed by atoms with Crippen molar-refractivity contribution in [1.82, 2.24) is 5.32 Å². The summed E-state index contributed by atoms with van der Waals surface area (Å²) in [6.45, 7) is 0.766.